The minimum Gasteiger partial charge on any atom is -0.347 e. The first-order valence-corrected chi connectivity index (χ1v) is 10.7. The van der Waals surface area contributed by atoms with Gasteiger partial charge in [0.25, 0.3) is 5.91 Å². The van der Waals surface area contributed by atoms with Crippen molar-refractivity contribution in [2.24, 2.45) is 0 Å². The summed E-state index contributed by atoms with van der Waals surface area (Å²) in [5.41, 5.74) is 2.54. The summed E-state index contributed by atoms with van der Waals surface area (Å²) in [5.74, 6) is 0.906. The van der Waals surface area contributed by atoms with Crippen molar-refractivity contribution in [3.8, 4) is 0 Å². The van der Waals surface area contributed by atoms with Crippen LogP contribution in [-0.4, -0.2) is 39.0 Å². The van der Waals surface area contributed by atoms with Gasteiger partial charge in [0.05, 0.1) is 5.88 Å². The molecule has 2 amide bonds. The van der Waals surface area contributed by atoms with Crippen LogP contribution in [0.25, 0.3) is 10.9 Å². The smallest absolute Gasteiger partial charge is 0.255 e. The molecule has 2 heterocycles. The van der Waals surface area contributed by atoms with E-state index in [4.69, 9.17) is 0 Å². The highest BCUT2D eigenvalue weighted by atomic mass is 32.2. The number of rotatable bonds is 5. The number of carbonyl (C=O) groups is 2. The van der Waals surface area contributed by atoms with Crippen molar-refractivity contribution in [1.82, 2.24) is 9.47 Å². The molecular weight excluding hydrogens is 370 g/mol. The van der Waals surface area contributed by atoms with Crippen molar-refractivity contribution in [3.63, 3.8) is 0 Å². The van der Waals surface area contributed by atoms with Crippen LogP contribution in [0.5, 0.6) is 0 Å². The van der Waals surface area contributed by atoms with E-state index < -0.39 is 6.04 Å². The van der Waals surface area contributed by atoms with E-state index in [2.05, 4.69) is 29.1 Å². The lowest BCUT2D eigenvalue weighted by molar-refractivity contribution is -0.119. The quantitative estimate of drug-likeness (QED) is 0.707. The molecule has 144 valence electrons. The summed E-state index contributed by atoms with van der Waals surface area (Å²) < 4.78 is 2.22. The second-order valence-electron chi connectivity index (χ2n) is 6.93. The number of nitrogens with one attached hydrogen (secondary N) is 1. The fraction of sp³-hybridized carbons (Fsp3) is 0.273. The van der Waals surface area contributed by atoms with E-state index >= 15 is 0 Å². The number of carbonyl (C=O) groups excluding carboxylic acids is 2. The molecule has 28 heavy (non-hydrogen) atoms. The maximum absolute atomic E-state index is 12.9. The summed E-state index contributed by atoms with van der Waals surface area (Å²) in [6.45, 7) is 3.13. The van der Waals surface area contributed by atoms with E-state index in [9.17, 15) is 9.59 Å². The van der Waals surface area contributed by atoms with Crippen molar-refractivity contribution in [2.45, 2.75) is 25.9 Å². The highest BCUT2D eigenvalue weighted by molar-refractivity contribution is 7.99. The number of thioether (sulfide) groups is 1. The zero-order chi connectivity index (χ0) is 19.5. The molecule has 5 nitrogen and oxygen atoms in total. The third kappa shape index (κ3) is 3.64. The van der Waals surface area contributed by atoms with E-state index in [0.29, 0.717) is 17.2 Å². The minimum atomic E-state index is -0.460. The van der Waals surface area contributed by atoms with E-state index in [1.807, 2.05) is 36.4 Å². The van der Waals surface area contributed by atoms with Gasteiger partial charge in [-0.15, -0.1) is 11.8 Å². The number of nitrogens with zero attached hydrogens (tertiary/aromatic N) is 2. The molecule has 0 saturated carbocycles. The zero-order valence-electron chi connectivity index (χ0n) is 15.8. The van der Waals surface area contributed by atoms with Gasteiger partial charge in [0.1, 0.15) is 6.04 Å². The number of aromatic nitrogens is 1. The molecule has 0 spiro atoms. The Kier molecular flexibility index (Phi) is 5.39. The van der Waals surface area contributed by atoms with Crippen molar-refractivity contribution < 1.29 is 9.59 Å². The number of benzene rings is 2. The van der Waals surface area contributed by atoms with Gasteiger partial charge in [-0.25, -0.2) is 0 Å². The van der Waals surface area contributed by atoms with Gasteiger partial charge >= 0.3 is 0 Å². The first kappa shape index (κ1) is 18.6. The lowest BCUT2D eigenvalue weighted by Gasteiger charge is -2.23. The van der Waals surface area contributed by atoms with Crippen LogP contribution in [0.15, 0.2) is 60.8 Å². The van der Waals surface area contributed by atoms with Gasteiger partial charge in [-0.1, -0.05) is 25.1 Å². The van der Waals surface area contributed by atoms with E-state index in [1.54, 1.807) is 28.8 Å². The molecule has 0 bridgehead atoms. The van der Waals surface area contributed by atoms with Crippen LogP contribution in [-0.2, 0) is 11.3 Å². The summed E-state index contributed by atoms with van der Waals surface area (Å²) in [6.07, 6.45) is 3.15. The SMILES string of the molecule is CCCn1ccc2cc(NC(=O)[C@@H]3CSCN3C(=O)c3ccccc3)ccc21. The minimum absolute atomic E-state index is 0.0992. The van der Waals surface area contributed by atoms with Crippen LogP contribution in [0.4, 0.5) is 5.69 Å². The molecule has 1 aliphatic rings. The molecule has 0 radical (unpaired) electrons. The number of fused-ring (bicyclic) bond motifs is 1. The Labute approximate surface area is 168 Å². The number of anilines is 1. The van der Waals surface area contributed by atoms with Gasteiger partial charge in [-0.05, 0) is 42.8 Å². The number of aryl methyl sites for hydroxylation is 1. The van der Waals surface area contributed by atoms with Crippen molar-refractivity contribution in [2.75, 3.05) is 16.9 Å². The predicted octanol–water partition coefficient (Wildman–Crippen LogP) is 4.21. The van der Waals surface area contributed by atoms with Crippen LogP contribution in [0.2, 0.25) is 0 Å². The average molecular weight is 394 g/mol. The molecule has 1 aromatic heterocycles. The average Bonchev–Trinajstić information content (AvgIpc) is 3.36. The molecule has 2 aromatic carbocycles. The van der Waals surface area contributed by atoms with Crippen LogP contribution in [0.1, 0.15) is 23.7 Å². The first-order chi connectivity index (χ1) is 13.7. The summed E-state index contributed by atoms with van der Waals surface area (Å²) in [5, 5.41) is 4.10. The summed E-state index contributed by atoms with van der Waals surface area (Å²) in [7, 11) is 0. The molecule has 1 atom stereocenters. The molecule has 6 heteroatoms. The third-order valence-corrected chi connectivity index (χ3v) is 5.98. The van der Waals surface area contributed by atoms with Gasteiger partial charge in [-0.3, -0.25) is 9.59 Å². The van der Waals surface area contributed by atoms with Crippen molar-refractivity contribution in [1.29, 1.82) is 0 Å². The maximum atomic E-state index is 12.9. The van der Waals surface area contributed by atoms with Gasteiger partial charge < -0.3 is 14.8 Å². The standard InChI is InChI=1S/C22H23N3O2S/c1-2-11-24-12-10-17-13-18(8-9-19(17)24)23-21(26)20-14-28-15-25(20)22(27)16-6-4-3-5-7-16/h3-10,12-13,20H,2,11,14-15H2,1H3,(H,23,26)/t20-/m0/s1. The largest absolute Gasteiger partial charge is 0.347 e. The molecule has 3 aromatic rings. The van der Waals surface area contributed by atoms with E-state index in [1.165, 1.54) is 0 Å². The highest BCUT2D eigenvalue weighted by Gasteiger charge is 2.35. The second-order valence-corrected chi connectivity index (χ2v) is 7.93. The fourth-order valence-corrected chi connectivity index (χ4v) is 4.70. The summed E-state index contributed by atoms with van der Waals surface area (Å²) >= 11 is 1.60. The summed E-state index contributed by atoms with van der Waals surface area (Å²) in [4.78, 5) is 27.3. The number of amides is 2. The Balaban J connectivity index is 1.49. The molecule has 4 rings (SSSR count). The van der Waals surface area contributed by atoms with Crippen molar-refractivity contribution in [3.05, 3.63) is 66.4 Å². The molecule has 0 unspecified atom stereocenters. The van der Waals surface area contributed by atoms with Gasteiger partial charge in [0.2, 0.25) is 5.91 Å². The summed E-state index contributed by atoms with van der Waals surface area (Å²) in [6, 6.07) is 16.7. The van der Waals surface area contributed by atoms with E-state index in [-0.39, 0.29) is 11.8 Å². The maximum Gasteiger partial charge on any atom is 0.255 e. The Bertz CT molecular complexity index is 999. The van der Waals surface area contributed by atoms with Crippen LogP contribution < -0.4 is 5.32 Å². The van der Waals surface area contributed by atoms with E-state index in [0.717, 1.165) is 29.6 Å². The monoisotopic (exact) mass is 393 g/mol. The zero-order valence-corrected chi connectivity index (χ0v) is 16.6. The number of hydrogen-bond donors (Lipinski definition) is 1. The number of hydrogen-bond acceptors (Lipinski definition) is 3. The molecule has 1 N–H and O–H groups in total. The Morgan fingerprint density at radius 1 is 1.14 bits per heavy atom. The molecular formula is C22H23N3O2S. The third-order valence-electron chi connectivity index (χ3n) is 4.97. The molecule has 1 fully saturated rings. The lowest BCUT2D eigenvalue weighted by Crippen LogP contribution is -2.44. The van der Waals surface area contributed by atoms with Gasteiger partial charge in [0.15, 0.2) is 0 Å². The Morgan fingerprint density at radius 3 is 2.75 bits per heavy atom. The highest BCUT2D eigenvalue weighted by Crippen LogP contribution is 2.26. The molecule has 1 aliphatic heterocycles. The van der Waals surface area contributed by atoms with Gasteiger partial charge in [0, 0.05) is 40.6 Å². The Hall–Kier alpha value is -2.73. The first-order valence-electron chi connectivity index (χ1n) is 9.51. The second kappa shape index (κ2) is 8.10. The normalized spacial score (nSPS) is 16.5. The van der Waals surface area contributed by atoms with Crippen LogP contribution in [0.3, 0.4) is 0 Å². The predicted molar refractivity (Wildman–Crippen MR) is 115 cm³/mol. The van der Waals surface area contributed by atoms with Crippen LogP contribution >= 0.6 is 11.8 Å². The topological polar surface area (TPSA) is 54.3 Å². The Morgan fingerprint density at radius 2 is 1.96 bits per heavy atom. The molecule has 0 aliphatic carbocycles. The molecule has 1 saturated heterocycles. The van der Waals surface area contributed by atoms with Crippen molar-refractivity contribution >= 4 is 40.2 Å². The van der Waals surface area contributed by atoms with Crippen LogP contribution in [0, 0.1) is 0 Å². The lowest BCUT2D eigenvalue weighted by atomic mass is 10.1. The van der Waals surface area contributed by atoms with Gasteiger partial charge in [-0.2, -0.15) is 0 Å². The fourth-order valence-electron chi connectivity index (χ4n) is 3.55.